The average molecular weight is 277 g/mol. The summed E-state index contributed by atoms with van der Waals surface area (Å²) in [6.45, 7) is 10.2. The van der Waals surface area contributed by atoms with Gasteiger partial charge in [0.1, 0.15) is 5.75 Å². The molecule has 20 heavy (non-hydrogen) atoms. The lowest BCUT2D eigenvalue weighted by molar-refractivity contribution is 0.125. The van der Waals surface area contributed by atoms with Crippen LogP contribution in [0, 0.1) is 0 Å². The lowest BCUT2D eigenvalue weighted by Gasteiger charge is -2.34. The molecule has 0 aromatic heterocycles. The minimum atomic E-state index is 0.726. The van der Waals surface area contributed by atoms with Gasteiger partial charge in [0.25, 0.3) is 0 Å². The molecule has 1 fully saturated rings. The Morgan fingerprint density at radius 2 is 1.80 bits per heavy atom. The summed E-state index contributed by atoms with van der Waals surface area (Å²) in [6.07, 6.45) is 1.10. The first-order valence-electron chi connectivity index (χ1n) is 7.69. The van der Waals surface area contributed by atoms with E-state index in [1.165, 1.54) is 5.56 Å². The molecule has 0 radical (unpaired) electrons. The number of hydrogen-bond donors (Lipinski definition) is 1. The van der Waals surface area contributed by atoms with E-state index < -0.39 is 0 Å². The number of piperazine rings is 1. The van der Waals surface area contributed by atoms with Gasteiger partial charge in [0.05, 0.1) is 6.61 Å². The SMILES string of the molecule is CCOc1ccccc1CN1CCN(CCCN)CC1. The van der Waals surface area contributed by atoms with Crippen LogP contribution >= 0.6 is 0 Å². The van der Waals surface area contributed by atoms with Crippen molar-refractivity contribution in [1.82, 2.24) is 9.80 Å². The van der Waals surface area contributed by atoms with Crippen LogP contribution in [0.3, 0.4) is 0 Å². The molecular weight excluding hydrogens is 250 g/mol. The van der Waals surface area contributed by atoms with Crippen molar-refractivity contribution in [3.63, 3.8) is 0 Å². The molecule has 1 heterocycles. The molecule has 1 aliphatic heterocycles. The second-order valence-corrected chi connectivity index (χ2v) is 5.30. The highest BCUT2D eigenvalue weighted by Crippen LogP contribution is 2.20. The Bertz CT molecular complexity index is 389. The molecule has 112 valence electrons. The van der Waals surface area contributed by atoms with Crippen molar-refractivity contribution in [2.24, 2.45) is 5.73 Å². The summed E-state index contributed by atoms with van der Waals surface area (Å²) in [7, 11) is 0. The molecule has 1 aromatic carbocycles. The molecule has 4 nitrogen and oxygen atoms in total. The molecule has 0 amide bonds. The maximum atomic E-state index is 5.70. The standard InChI is InChI=1S/C16H27N3O/c1-2-20-16-7-4-3-6-15(16)14-19-12-10-18(11-13-19)9-5-8-17/h3-4,6-7H,2,5,8-14,17H2,1H3. The lowest BCUT2D eigenvalue weighted by Crippen LogP contribution is -2.46. The second kappa shape index (κ2) is 8.25. The van der Waals surface area contributed by atoms with E-state index >= 15 is 0 Å². The van der Waals surface area contributed by atoms with Crippen LogP contribution in [0.5, 0.6) is 5.75 Å². The Hall–Kier alpha value is -1.10. The van der Waals surface area contributed by atoms with Crippen molar-refractivity contribution in [3.8, 4) is 5.75 Å². The minimum absolute atomic E-state index is 0.726. The van der Waals surface area contributed by atoms with Crippen molar-refractivity contribution in [1.29, 1.82) is 0 Å². The highest BCUT2D eigenvalue weighted by atomic mass is 16.5. The Labute approximate surface area is 122 Å². The predicted molar refractivity (Wildman–Crippen MR) is 83.0 cm³/mol. The zero-order valence-electron chi connectivity index (χ0n) is 12.6. The summed E-state index contributed by atoms with van der Waals surface area (Å²) in [5.41, 5.74) is 6.87. The third kappa shape index (κ3) is 4.47. The van der Waals surface area contributed by atoms with Crippen LogP contribution < -0.4 is 10.5 Å². The molecule has 1 aliphatic rings. The van der Waals surface area contributed by atoms with Gasteiger partial charge in [0, 0.05) is 38.3 Å². The predicted octanol–water partition coefficient (Wildman–Crippen LogP) is 1.55. The van der Waals surface area contributed by atoms with Crippen molar-refractivity contribution in [2.45, 2.75) is 19.9 Å². The summed E-state index contributed by atoms with van der Waals surface area (Å²) in [5, 5.41) is 0. The Morgan fingerprint density at radius 1 is 1.10 bits per heavy atom. The number of nitrogens with zero attached hydrogens (tertiary/aromatic N) is 2. The summed E-state index contributed by atoms with van der Waals surface area (Å²) < 4.78 is 5.70. The van der Waals surface area contributed by atoms with Gasteiger partial charge in [-0.3, -0.25) is 4.90 Å². The minimum Gasteiger partial charge on any atom is -0.494 e. The molecule has 2 rings (SSSR count). The summed E-state index contributed by atoms with van der Waals surface area (Å²) in [6, 6.07) is 8.37. The van der Waals surface area contributed by atoms with Gasteiger partial charge in [-0.05, 0) is 32.5 Å². The zero-order valence-corrected chi connectivity index (χ0v) is 12.6. The maximum Gasteiger partial charge on any atom is 0.123 e. The summed E-state index contributed by atoms with van der Waals surface area (Å²) in [4.78, 5) is 5.02. The third-order valence-electron chi connectivity index (χ3n) is 3.81. The molecule has 0 spiro atoms. The van der Waals surface area contributed by atoms with Crippen molar-refractivity contribution >= 4 is 0 Å². The molecule has 1 aromatic rings. The largest absolute Gasteiger partial charge is 0.494 e. The van der Waals surface area contributed by atoms with Gasteiger partial charge in [-0.1, -0.05) is 18.2 Å². The molecule has 0 unspecified atom stereocenters. The second-order valence-electron chi connectivity index (χ2n) is 5.30. The van der Waals surface area contributed by atoms with Crippen LogP contribution in [0.2, 0.25) is 0 Å². The number of hydrogen-bond acceptors (Lipinski definition) is 4. The van der Waals surface area contributed by atoms with E-state index in [2.05, 4.69) is 28.0 Å². The maximum absolute atomic E-state index is 5.70. The van der Waals surface area contributed by atoms with E-state index in [9.17, 15) is 0 Å². The van der Waals surface area contributed by atoms with Gasteiger partial charge < -0.3 is 15.4 Å². The Balaban J connectivity index is 1.83. The van der Waals surface area contributed by atoms with Crippen molar-refractivity contribution in [3.05, 3.63) is 29.8 Å². The summed E-state index contributed by atoms with van der Waals surface area (Å²) in [5.74, 6) is 1.03. The number of benzene rings is 1. The van der Waals surface area contributed by atoms with E-state index in [0.29, 0.717) is 0 Å². The van der Waals surface area contributed by atoms with Gasteiger partial charge in [-0.25, -0.2) is 0 Å². The van der Waals surface area contributed by atoms with E-state index in [1.807, 2.05) is 13.0 Å². The molecule has 4 heteroatoms. The smallest absolute Gasteiger partial charge is 0.123 e. The molecule has 0 aliphatic carbocycles. The van der Waals surface area contributed by atoms with Gasteiger partial charge in [-0.15, -0.1) is 0 Å². The molecule has 0 saturated carbocycles. The fourth-order valence-corrected chi connectivity index (χ4v) is 2.66. The quantitative estimate of drug-likeness (QED) is 0.821. The first-order valence-corrected chi connectivity index (χ1v) is 7.69. The van der Waals surface area contributed by atoms with E-state index in [4.69, 9.17) is 10.5 Å². The average Bonchev–Trinajstić information content (AvgIpc) is 2.49. The highest BCUT2D eigenvalue weighted by molar-refractivity contribution is 5.33. The van der Waals surface area contributed by atoms with Crippen molar-refractivity contribution < 1.29 is 4.74 Å². The van der Waals surface area contributed by atoms with E-state index in [1.54, 1.807) is 0 Å². The van der Waals surface area contributed by atoms with Gasteiger partial charge in [0.2, 0.25) is 0 Å². The number of para-hydroxylation sites is 1. The molecule has 0 bridgehead atoms. The van der Waals surface area contributed by atoms with Crippen LogP contribution in [-0.2, 0) is 6.54 Å². The van der Waals surface area contributed by atoms with Crippen LogP contribution in [0.25, 0.3) is 0 Å². The number of nitrogens with two attached hydrogens (primary N) is 1. The fraction of sp³-hybridized carbons (Fsp3) is 0.625. The third-order valence-corrected chi connectivity index (χ3v) is 3.81. The first kappa shape index (κ1) is 15.3. The topological polar surface area (TPSA) is 41.7 Å². The highest BCUT2D eigenvalue weighted by Gasteiger charge is 2.17. The fourth-order valence-electron chi connectivity index (χ4n) is 2.66. The molecule has 2 N–H and O–H groups in total. The normalized spacial score (nSPS) is 17.3. The van der Waals surface area contributed by atoms with Gasteiger partial charge >= 0.3 is 0 Å². The Morgan fingerprint density at radius 3 is 2.50 bits per heavy atom. The zero-order chi connectivity index (χ0) is 14.2. The van der Waals surface area contributed by atoms with Crippen molar-refractivity contribution in [2.75, 3.05) is 45.9 Å². The monoisotopic (exact) mass is 277 g/mol. The van der Waals surface area contributed by atoms with Crippen LogP contribution in [0.1, 0.15) is 18.9 Å². The van der Waals surface area contributed by atoms with Gasteiger partial charge in [0.15, 0.2) is 0 Å². The molecule has 0 atom stereocenters. The van der Waals surface area contributed by atoms with E-state index in [0.717, 1.165) is 64.6 Å². The molecule has 1 saturated heterocycles. The number of ether oxygens (including phenoxy) is 1. The van der Waals surface area contributed by atoms with Crippen LogP contribution in [-0.4, -0.2) is 55.7 Å². The lowest BCUT2D eigenvalue weighted by atomic mass is 10.1. The Kier molecular flexibility index (Phi) is 6.30. The van der Waals surface area contributed by atoms with Crippen LogP contribution in [0.15, 0.2) is 24.3 Å². The summed E-state index contributed by atoms with van der Waals surface area (Å²) >= 11 is 0. The number of rotatable bonds is 7. The first-order chi connectivity index (χ1) is 9.83. The van der Waals surface area contributed by atoms with Gasteiger partial charge in [-0.2, -0.15) is 0 Å². The van der Waals surface area contributed by atoms with E-state index in [-0.39, 0.29) is 0 Å². The van der Waals surface area contributed by atoms with Crippen LogP contribution in [0.4, 0.5) is 0 Å². The molecular formula is C16H27N3O.